The molecular formula is C46H33N3. The molecule has 1 aliphatic carbocycles. The summed E-state index contributed by atoms with van der Waals surface area (Å²) in [5.74, 6) is 1.97. The molecule has 49 heavy (non-hydrogen) atoms. The average molecular weight is 628 g/mol. The molecule has 0 saturated heterocycles. The number of aromatic nitrogens is 3. The van der Waals surface area contributed by atoms with Gasteiger partial charge >= 0.3 is 0 Å². The van der Waals surface area contributed by atoms with E-state index in [0.29, 0.717) is 17.5 Å². The second kappa shape index (κ2) is 11.5. The zero-order valence-corrected chi connectivity index (χ0v) is 27.4. The van der Waals surface area contributed by atoms with Gasteiger partial charge in [0.1, 0.15) is 0 Å². The van der Waals surface area contributed by atoms with Crippen LogP contribution in [0.4, 0.5) is 0 Å². The van der Waals surface area contributed by atoms with E-state index in [1.165, 1.54) is 38.8 Å². The van der Waals surface area contributed by atoms with Crippen molar-refractivity contribution in [2.45, 2.75) is 19.3 Å². The normalized spacial score (nSPS) is 12.9. The van der Waals surface area contributed by atoms with Crippen LogP contribution in [0.25, 0.3) is 78.3 Å². The van der Waals surface area contributed by atoms with E-state index in [4.69, 9.17) is 15.0 Å². The van der Waals surface area contributed by atoms with Crippen LogP contribution in [0.1, 0.15) is 25.0 Å². The Labute approximate surface area is 286 Å². The minimum absolute atomic E-state index is 0.105. The van der Waals surface area contributed by atoms with E-state index in [1.807, 2.05) is 24.3 Å². The highest BCUT2D eigenvalue weighted by molar-refractivity contribution is 6.00. The number of benzene rings is 7. The lowest BCUT2D eigenvalue weighted by Crippen LogP contribution is -2.14. The van der Waals surface area contributed by atoms with E-state index in [1.54, 1.807) is 0 Å². The molecule has 0 fully saturated rings. The summed E-state index contributed by atoms with van der Waals surface area (Å²) in [5, 5.41) is 2.32. The predicted octanol–water partition coefficient (Wildman–Crippen LogP) is 11.7. The number of hydrogen-bond donors (Lipinski definition) is 0. The molecule has 0 bridgehead atoms. The van der Waals surface area contributed by atoms with Crippen molar-refractivity contribution in [3.8, 4) is 67.5 Å². The van der Waals surface area contributed by atoms with Gasteiger partial charge in [0.2, 0.25) is 0 Å². The van der Waals surface area contributed by atoms with Crippen molar-refractivity contribution in [2.24, 2.45) is 0 Å². The first-order valence-corrected chi connectivity index (χ1v) is 16.8. The van der Waals surface area contributed by atoms with E-state index < -0.39 is 0 Å². The zero-order chi connectivity index (χ0) is 33.0. The van der Waals surface area contributed by atoms with Gasteiger partial charge in [-0.1, -0.05) is 159 Å². The van der Waals surface area contributed by atoms with Crippen LogP contribution in [0.2, 0.25) is 0 Å². The van der Waals surface area contributed by atoms with Crippen LogP contribution in [0, 0.1) is 0 Å². The monoisotopic (exact) mass is 627 g/mol. The van der Waals surface area contributed by atoms with Gasteiger partial charge in [0.15, 0.2) is 17.5 Å². The molecule has 0 saturated carbocycles. The first-order valence-electron chi connectivity index (χ1n) is 16.8. The van der Waals surface area contributed by atoms with Crippen molar-refractivity contribution in [2.75, 3.05) is 0 Å². The molecular weight excluding hydrogens is 595 g/mol. The highest BCUT2D eigenvalue weighted by Crippen LogP contribution is 2.50. The molecule has 0 N–H and O–H groups in total. The maximum atomic E-state index is 5.19. The Morgan fingerprint density at radius 2 is 0.878 bits per heavy atom. The molecule has 0 aliphatic heterocycles. The molecule has 0 atom stereocenters. The van der Waals surface area contributed by atoms with Crippen LogP contribution in [0.5, 0.6) is 0 Å². The van der Waals surface area contributed by atoms with E-state index in [2.05, 4.69) is 153 Å². The fraction of sp³-hybridized carbons (Fsp3) is 0.0652. The Morgan fingerprint density at radius 3 is 1.63 bits per heavy atom. The molecule has 3 heteroatoms. The molecule has 0 spiro atoms. The summed E-state index contributed by atoms with van der Waals surface area (Å²) < 4.78 is 0. The lowest BCUT2D eigenvalue weighted by Gasteiger charge is -2.22. The van der Waals surface area contributed by atoms with Gasteiger partial charge in [-0.15, -0.1) is 0 Å². The Morgan fingerprint density at radius 1 is 0.347 bits per heavy atom. The molecule has 1 aliphatic rings. The quantitative estimate of drug-likeness (QED) is 0.191. The molecule has 8 aromatic rings. The Kier molecular flexibility index (Phi) is 6.80. The van der Waals surface area contributed by atoms with Crippen molar-refractivity contribution in [3.63, 3.8) is 0 Å². The lowest BCUT2D eigenvalue weighted by atomic mass is 9.81. The van der Waals surface area contributed by atoms with Gasteiger partial charge in [-0.3, -0.25) is 0 Å². The van der Waals surface area contributed by atoms with Gasteiger partial charge in [-0.25, -0.2) is 15.0 Å². The van der Waals surface area contributed by atoms with Crippen molar-refractivity contribution >= 4 is 10.8 Å². The van der Waals surface area contributed by atoms with Gasteiger partial charge in [-0.2, -0.15) is 0 Å². The maximum absolute atomic E-state index is 5.19. The smallest absolute Gasteiger partial charge is 0.164 e. The summed E-state index contributed by atoms with van der Waals surface area (Å²) in [6.45, 7) is 4.64. The van der Waals surface area contributed by atoms with Gasteiger partial charge in [0, 0.05) is 22.1 Å². The largest absolute Gasteiger partial charge is 0.208 e. The van der Waals surface area contributed by atoms with Crippen LogP contribution in [0.3, 0.4) is 0 Å². The maximum Gasteiger partial charge on any atom is 0.164 e. The minimum Gasteiger partial charge on any atom is -0.208 e. The van der Waals surface area contributed by atoms with Crippen LogP contribution >= 0.6 is 0 Å². The Balaban J connectivity index is 1.18. The van der Waals surface area contributed by atoms with Crippen molar-refractivity contribution in [3.05, 3.63) is 175 Å². The first kappa shape index (κ1) is 29.0. The van der Waals surface area contributed by atoms with Crippen LogP contribution < -0.4 is 0 Å². The average Bonchev–Trinajstić information content (AvgIpc) is 3.39. The molecule has 0 amide bonds. The topological polar surface area (TPSA) is 38.7 Å². The fourth-order valence-corrected chi connectivity index (χ4v) is 7.33. The SMILES string of the molecule is CC1(C)c2ccccc2-c2cc3cccc(-c4nc(-c5ccccc5)nc(-c5cccc(-c6ccc(-c7ccccc7)cc6)c5)n4)c3cc21. The standard InChI is InChI=1S/C46H33N3/c1-46(2)41-22-10-9-20-37(41)40-28-35-18-12-21-38(39(35)29-42(40)46)45-48-43(33-15-7-4-8-16-33)47-44(49-45)36-19-11-17-34(27-36)32-25-23-31(24-26-32)30-13-5-3-6-14-30/h3-29H,1-2H3. The second-order valence-corrected chi connectivity index (χ2v) is 13.3. The van der Waals surface area contributed by atoms with Gasteiger partial charge < -0.3 is 0 Å². The Hall–Kier alpha value is -6.19. The van der Waals surface area contributed by atoms with Gasteiger partial charge in [-0.05, 0) is 73.5 Å². The number of nitrogens with zero attached hydrogens (tertiary/aromatic N) is 3. The summed E-state index contributed by atoms with van der Waals surface area (Å²) in [7, 11) is 0. The van der Waals surface area contributed by atoms with Crippen LogP contribution in [0.15, 0.2) is 164 Å². The van der Waals surface area contributed by atoms with E-state index >= 15 is 0 Å². The summed E-state index contributed by atoms with van der Waals surface area (Å²) in [4.78, 5) is 15.4. The first-order chi connectivity index (χ1) is 24.0. The van der Waals surface area contributed by atoms with Crippen LogP contribution in [-0.2, 0) is 5.41 Å². The summed E-state index contributed by atoms with van der Waals surface area (Å²) >= 11 is 0. The molecule has 0 unspecified atom stereocenters. The number of fused-ring (bicyclic) bond motifs is 4. The van der Waals surface area contributed by atoms with Crippen LogP contribution in [-0.4, -0.2) is 15.0 Å². The third-order valence-corrected chi connectivity index (χ3v) is 9.94. The molecule has 232 valence electrons. The summed E-state index contributed by atoms with van der Waals surface area (Å²) in [6.07, 6.45) is 0. The third kappa shape index (κ3) is 5.03. The molecule has 1 aromatic heterocycles. The lowest BCUT2D eigenvalue weighted by molar-refractivity contribution is 0.661. The van der Waals surface area contributed by atoms with E-state index in [9.17, 15) is 0 Å². The zero-order valence-electron chi connectivity index (χ0n) is 27.4. The Bertz CT molecular complexity index is 2500. The number of hydrogen-bond acceptors (Lipinski definition) is 3. The molecule has 1 heterocycles. The van der Waals surface area contributed by atoms with E-state index in [0.717, 1.165) is 33.2 Å². The minimum atomic E-state index is -0.105. The molecule has 3 nitrogen and oxygen atoms in total. The predicted molar refractivity (Wildman–Crippen MR) is 202 cm³/mol. The third-order valence-electron chi connectivity index (χ3n) is 9.94. The van der Waals surface area contributed by atoms with Gasteiger partial charge in [0.05, 0.1) is 0 Å². The summed E-state index contributed by atoms with van der Waals surface area (Å²) in [6, 6.07) is 57.8. The van der Waals surface area contributed by atoms with Crippen molar-refractivity contribution < 1.29 is 0 Å². The fourth-order valence-electron chi connectivity index (χ4n) is 7.33. The highest BCUT2D eigenvalue weighted by atomic mass is 15.0. The second-order valence-electron chi connectivity index (χ2n) is 13.3. The van der Waals surface area contributed by atoms with Crippen molar-refractivity contribution in [1.29, 1.82) is 0 Å². The molecule has 9 rings (SSSR count). The van der Waals surface area contributed by atoms with Gasteiger partial charge in [0.25, 0.3) is 0 Å². The molecule has 7 aromatic carbocycles. The summed E-state index contributed by atoms with van der Waals surface area (Å²) in [5.41, 5.74) is 12.8. The van der Waals surface area contributed by atoms with E-state index in [-0.39, 0.29) is 5.41 Å². The van der Waals surface area contributed by atoms with Crippen molar-refractivity contribution in [1.82, 2.24) is 15.0 Å². The number of rotatable bonds is 5. The molecule has 0 radical (unpaired) electrons. The highest BCUT2D eigenvalue weighted by Gasteiger charge is 2.35.